The topological polar surface area (TPSA) is 132 Å². The van der Waals surface area contributed by atoms with Crippen LogP contribution in [-0.4, -0.2) is 71.5 Å². The Kier molecular flexibility index (Phi) is 7.70. The minimum atomic E-state index is -1.44. The molecule has 0 spiro atoms. The number of carbonyl (C=O) groups excluding carboxylic acids is 2. The fourth-order valence-corrected chi connectivity index (χ4v) is 3.43. The third-order valence-electron chi connectivity index (χ3n) is 5.00. The van der Waals surface area contributed by atoms with Crippen molar-refractivity contribution in [2.24, 2.45) is 0 Å². The van der Waals surface area contributed by atoms with Gasteiger partial charge in [0.05, 0.1) is 29.4 Å². The van der Waals surface area contributed by atoms with Crippen LogP contribution in [0.25, 0.3) is 0 Å². The molecule has 32 heavy (non-hydrogen) atoms. The van der Waals surface area contributed by atoms with Crippen LogP contribution in [0.3, 0.4) is 0 Å². The van der Waals surface area contributed by atoms with Gasteiger partial charge in [-0.3, -0.25) is 0 Å². The molecular formula is C22H23ClO9. The van der Waals surface area contributed by atoms with Gasteiger partial charge < -0.3 is 34.3 Å². The zero-order valence-corrected chi connectivity index (χ0v) is 18.1. The van der Waals surface area contributed by atoms with Crippen LogP contribution < -0.4 is 9.47 Å². The number of rotatable bonds is 6. The highest BCUT2D eigenvalue weighted by molar-refractivity contribution is 6.32. The minimum Gasteiger partial charge on any atom is -0.493 e. The van der Waals surface area contributed by atoms with Crippen molar-refractivity contribution >= 4 is 23.5 Å². The number of ether oxygens (including phenoxy) is 4. The van der Waals surface area contributed by atoms with Gasteiger partial charge in [-0.25, -0.2) is 9.59 Å². The van der Waals surface area contributed by atoms with Gasteiger partial charge in [0.25, 0.3) is 0 Å². The lowest BCUT2D eigenvalue weighted by Gasteiger charge is -2.38. The van der Waals surface area contributed by atoms with Crippen molar-refractivity contribution in [3.8, 4) is 11.5 Å². The third kappa shape index (κ3) is 5.20. The Bertz CT molecular complexity index is 965. The molecule has 2 aromatic rings. The van der Waals surface area contributed by atoms with E-state index in [0.29, 0.717) is 5.56 Å². The lowest BCUT2D eigenvalue weighted by atomic mass is 9.96. The standard InChI is InChI=1S/C22H23ClO9/c1-11-17(24)19(26)18(25)16(31-11)10-30-21(27)13-8-14(23)20(15(9-13)29-2)32-22(28)12-6-4-3-5-7-12/h3-9,11,16-19,24-26H,10H2,1-2H3/t11?,16-,17+,18+,19-/m1/s1. The summed E-state index contributed by atoms with van der Waals surface area (Å²) in [5.74, 6) is -1.49. The smallest absolute Gasteiger partial charge is 0.343 e. The second-order valence-corrected chi connectivity index (χ2v) is 7.60. The Hall–Kier alpha value is -2.69. The van der Waals surface area contributed by atoms with Crippen LogP contribution in [0.15, 0.2) is 42.5 Å². The second kappa shape index (κ2) is 10.3. The molecule has 1 heterocycles. The third-order valence-corrected chi connectivity index (χ3v) is 5.28. The van der Waals surface area contributed by atoms with Gasteiger partial charge >= 0.3 is 11.9 Å². The molecule has 0 amide bonds. The molecule has 0 radical (unpaired) electrons. The first kappa shape index (κ1) is 24.0. The maximum absolute atomic E-state index is 12.5. The van der Waals surface area contributed by atoms with Crippen molar-refractivity contribution in [1.82, 2.24) is 0 Å². The van der Waals surface area contributed by atoms with E-state index in [0.717, 1.165) is 0 Å². The SMILES string of the molecule is COc1cc(C(=O)OC[C@H]2OC(C)[C@H](O)[C@@H](O)[C@H]2O)cc(Cl)c1OC(=O)c1ccccc1. The van der Waals surface area contributed by atoms with Gasteiger partial charge in [-0.15, -0.1) is 0 Å². The van der Waals surface area contributed by atoms with E-state index in [4.69, 9.17) is 30.5 Å². The lowest BCUT2D eigenvalue weighted by Crippen LogP contribution is -2.57. The molecule has 1 fully saturated rings. The molecule has 0 saturated carbocycles. The first-order valence-corrected chi connectivity index (χ1v) is 10.1. The summed E-state index contributed by atoms with van der Waals surface area (Å²) in [7, 11) is 1.32. The number of esters is 2. The number of benzene rings is 2. The van der Waals surface area contributed by atoms with E-state index in [1.165, 1.54) is 26.2 Å². The number of hydrogen-bond donors (Lipinski definition) is 3. The normalized spacial score (nSPS) is 25.1. The van der Waals surface area contributed by atoms with Crippen molar-refractivity contribution in [3.05, 3.63) is 58.6 Å². The van der Waals surface area contributed by atoms with Crippen LogP contribution >= 0.6 is 11.6 Å². The molecule has 0 aliphatic carbocycles. The fraction of sp³-hybridized carbons (Fsp3) is 0.364. The van der Waals surface area contributed by atoms with Crippen LogP contribution in [0.4, 0.5) is 0 Å². The Morgan fingerprint density at radius 1 is 1.00 bits per heavy atom. The van der Waals surface area contributed by atoms with Crippen LogP contribution in [0.2, 0.25) is 5.02 Å². The molecule has 10 heteroatoms. The molecule has 1 unspecified atom stereocenters. The average Bonchev–Trinajstić information content (AvgIpc) is 2.80. The predicted molar refractivity (Wildman–Crippen MR) is 112 cm³/mol. The summed E-state index contributed by atoms with van der Waals surface area (Å²) in [5, 5.41) is 29.6. The quantitative estimate of drug-likeness (QED) is 0.429. The van der Waals surface area contributed by atoms with Crippen molar-refractivity contribution in [2.45, 2.75) is 37.4 Å². The van der Waals surface area contributed by atoms with E-state index in [9.17, 15) is 24.9 Å². The zero-order valence-electron chi connectivity index (χ0n) is 17.3. The summed E-state index contributed by atoms with van der Waals surface area (Å²) < 4.78 is 21.1. The summed E-state index contributed by atoms with van der Waals surface area (Å²) in [6, 6.07) is 10.8. The molecule has 1 aliphatic heterocycles. The van der Waals surface area contributed by atoms with Crippen molar-refractivity contribution in [2.75, 3.05) is 13.7 Å². The lowest BCUT2D eigenvalue weighted by molar-refractivity contribution is -0.224. The minimum absolute atomic E-state index is 0.00490. The van der Waals surface area contributed by atoms with E-state index in [2.05, 4.69) is 0 Å². The summed E-state index contributed by atoms with van der Waals surface area (Å²) in [6.07, 6.45) is -5.92. The largest absolute Gasteiger partial charge is 0.493 e. The van der Waals surface area contributed by atoms with E-state index in [1.807, 2.05) is 0 Å². The molecular weight excluding hydrogens is 444 g/mol. The second-order valence-electron chi connectivity index (χ2n) is 7.19. The van der Waals surface area contributed by atoms with Gasteiger partial charge in [0, 0.05) is 0 Å². The predicted octanol–water partition coefficient (Wildman–Crippen LogP) is 1.59. The number of halogens is 1. The molecule has 1 saturated heterocycles. The Morgan fingerprint density at radius 3 is 2.34 bits per heavy atom. The summed E-state index contributed by atoms with van der Waals surface area (Å²) in [6.45, 7) is 1.15. The number of aliphatic hydroxyl groups excluding tert-OH is 3. The first-order valence-electron chi connectivity index (χ1n) is 9.74. The highest BCUT2D eigenvalue weighted by atomic mass is 35.5. The molecule has 2 aromatic carbocycles. The maximum Gasteiger partial charge on any atom is 0.343 e. The van der Waals surface area contributed by atoms with E-state index < -0.39 is 42.5 Å². The molecule has 9 nitrogen and oxygen atoms in total. The maximum atomic E-state index is 12.5. The van der Waals surface area contributed by atoms with Crippen molar-refractivity contribution in [3.63, 3.8) is 0 Å². The molecule has 1 aliphatic rings. The number of hydrogen-bond acceptors (Lipinski definition) is 9. The van der Waals surface area contributed by atoms with Gasteiger partial charge in [0.2, 0.25) is 0 Å². The van der Waals surface area contributed by atoms with Gasteiger partial charge in [-0.05, 0) is 31.2 Å². The van der Waals surface area contributed by atoms with Gasteiger partial charge in [0.15, 0.2) is 11.5 Å². The average molecular weight is 467 g/mol. The van der Waals surface area contributed by atoms with Crippen LogP contribution in [0, 0.1) is 0 Å². The van der Waals surface area contributed by atoms with E-state index in [-0.39, 0.29) is 28.7 Å². The van der Waals surface area contributed by atoms with Gasteiger partial charge in [-0.2, -0.15) is 0 Å². The summed E-state index contributed by atoms with van der Waals surface area (Å²) >= 11 is 6.22. The summed E-state index contributed by atoms with van der Waals surface area (Å²) in [4.78, 5) is 24.8. The monoisotopic (exact) mass is 466 g/mol. The number of carbonyl (C=O) groups is 2. The van der Waals surface area contributed by atoms with Gasteiger partial charge in [-0.1, -0.05) is 29.8 Å². The molecule has 3 rings (SSSR count). The Labute approximate surface area is 189 Å². The highest BCUT2D eigenvalue weighted by Gasteiger charge is 2.42. The molecule has 5 atom stereocenters. The van der Waals surface area contributed by atoms with E-state index >= 15 is 0 Å². The van der Waals surface area contributed by atoms with Crippen molar-refractivity contribution in [1.29, 1.82) is 0 Å². The van der Waals surface area contributed by atoms with Gasteiger partial charge in [0.1, 0.15) is 31.0 Å². The van der Waals surface area contributed by atoms with E-state index in [1.54, 1.807) is 30.3 Å². The van der Waals surface area contributed by atoms with Crippen molar-refractivity contribution < 1.29 is 43.9 Å². The zero-order chi connectivity index (χ0) is 23.4. The fourth-order valence-electron chi connectivity index (χ4n) is 3.18. The van der Waals surface area contributed by atoms with Crippen LogP contribution in [-0.2, 0) is 9.47 Å². The van der Waals surface area contributed by atoms with Crippen LogP contribution in [0.1, 0.15) is 27.6 Å². The molecule has 3 N–H and O–H groups in total. The first-order chi connectivity index (χ1) is 15.2. The Balaban J connectivity index is 1.71. The van der Waals surface area contributed by atoms with Crippen LogP contribution in [0.5, 0.6) is 11.5 Å². The Morgan fingerprint density at radius 2 is 1.69 bits per heavy atom. The molecule has 0 bridgehead atoms. The number of methoxy groups -OCH3 is 1. The molecule has 172 valence electrons. The summed E-state index contributed by atoms with van der Waals surface area (Å²) in [5.41, 5.74) is 0.312. The molecule has 0 aromatic heterocycles. The highest BCUT2D eigenvalue weighted by Crippen LogP contribution is 2.37. The number of aliphatic hydroxyl groups is 3.